The number of hydrogen-bond acceptors (Lipinski definition) is 3. The summed E-state index contributed by atoms with van der Waals surface area (Å²) in [6.45, 7) is 1.76. The number of para-hydroxylation sites is 1. The number of carbonyl (C=O) groups excluding carboxylic acids is 1. The Morgan fingerprint density at radius 1 is 1.00 bits per heavy atom. The fraction of sp³-hybridized carbons (Fsp3) is 0.0588. The Morgan fingerprint density at radius 2 is 1.62 bits per heavy atom. The zero-order chi connectivity index (χ0) is 14.7. The monoisotopic (exact) mass is 278 g/mol. The maximum absolute atomic E-state index is 12.2. The van der Waals surface area contributed by atoms with Gasteiger partial charge in [-0.3, -0.25) is 4.79 Å². The van der Waals surface area contributed by atoms with Crippen molar-refractivity contribution in [2.24, 2.45) is 0 Å². The van der Waals surface area contributed by atoms with E-state index in [0.29, 0.717) is 11.6 Å². The van der Waals surface area contributed by atoms with Crippen molar-refractivity contribution in [3.05, 3.63) is 72.1 Å². The van der Waals surface area contributed by atoms with Crippen molar-refractivity contribution < 1.29 is 9.21 Å². The summed E-state index contributed by atoms with van der Waals surface area (Å²) >= 11 is 0. The van der Waals surface area contributed by atoms with Gasteiger partial charge in [-0.15, -0.1) is 0 Å². The molecule has 104 valence electrons. The Hall–Kier alpha value is -2.88. The number of oxazole rings is 1. The Kier molecular flexibility index (Phi) is 3.51. The first-order chi connectivity index (χ1) is 10.2. The highest BCUT2D eigenvalue weighted by atomic mass is 16.4. The summed E-state index contributed by atoms with van der Waals surface area (Å²) in [6, 6.07) is 18.8. The molecule has 4 heteroatoms. The molecule has 0 fully saturated rings. The number of benzene rings is 2. The van der Waals surface area contributed by atoms with E-state index in [2.05, 4.69) is 10.3 Å². The van der Waals surface area contributed by atoms with E-state index in [-0.39, 0.29) is 11.7 Å². The average Bonchev–Trinajstić information content (AvgIpc) is 2.91. The van der Waals surface area contributed by atoms with Crippen LogP contribution in [0.25, 0.3) is 11.5 Å². The molecule has 3 rings (SSSR count). The predicted molar refractivity (Wildman–Crippen MR) is 81.1 cm³/mol. The smallest absolute Gasteiger partial charge is 0.293 e. The number of hydrogen-bond donors (Lipinski definition) is 1. The highest BCUT2D eigenvalue weighted by Crippen LogP contribution is 2.22. The van der Waals surface area contributed by atoms with Crippen molar-refractivity contribution in [2.45, 2.75) is 6.92 Å². The summed E-state index contributed by atoms with van der Waals surface area (Å²) in [4.78, 5) is 16.6. The lowest BCUT2D eigenvalue weighted by Gasteiger charge is -2.02. The van der Waals surface area contributed by atoms with Crippen LogP contribution in [0.3, 0.4) is 0 Å². The quantitative estimate of drug-likeness (QED) is 0.790. The topological polar surface area (TPSA) is 55.1 Å². The number of amides is 1. The number of aromatic nitrogens is 1. The summed E-state index contributed by atoms with van der Waals surface area (Å²) < 4.78 is 5.61. The van der Waals surface area contributed by atoms with Crippen molar-refractivity contribution in [3.63, 3.8) is 0 Å². The molecule has 0 saturated heterocycles. The molecule has 0 atom stereocenters. The molecule has 3 aromatic rings. The SMILES string of the molecule is Cc1nc(-c2ccccc2)oc1C(=O)Nc1ccccc1. The minimum Gasteiger partial charge on any atom is -0.431 e. The van der Waals surface area contributed by atoms with E-state index < -0.39 is 0 Å². The van der Waals surface area contributed by atoms with E-state index in [9.17, 15) is 4.79 Å². The van der Waals surface area contributed by atoms with Crippen LogP contribution in [-0.2, 0) is 0 Å². The molecule has 0 aliphatic carbocycles. The number of nitrogens with zero attached hydrogens (tertiary/aromatic N) is 1. The fourth-order valence-corrected chi connectivity index (χ4v) is 2.02. The Bertz CT molecular complexity index is 749. The van der Waals surface area contributed by atoms with E-state index in [1.54, 1.807) is 6.92 Å². The van der Waals surface area contributed by atoms with E-state index in [1.807, 2.05) is 60.7 Å². The number of anilines is 1. The average molecular weight is 278 g/mol. The lowest BCUT2D eigenvalue weighted by atomic mass is 10.2. The van der Waals surface area contributed by atoms with E-state index in [1.165, 1.54) is 0 Å². The van der Waals surface area contributed by atoms with Gasteiger partial charge in [0.2, 0.25) is 11.7 Å². The Balaban J connectivity index is 1.86. The van der Waals surface area contributed by atoms with Crippen molar-refractivity contribution in [1.82, 2.24) is 4.98 Å². The second-order valence-electron chi connectivity index (χ2n) is 4.62. The second-order valence-corrected chi connectivity index (χ2v) is 4.62. The third kappa shape index (κ3) is 2.84. The van der Waals surface area contributed by atoms with Gasteiger partial charge in [-0.2, -0.15) is 0 Å². The number of rotatable bonds is 3. The fourth-order valence-electron chi connectivity index (χ4n) is 2.02. The summed E-state index contributed by atoms with van der Waals surface area (Å²) in [5.74, 6) is 0.386. The lowest BCUT2D eigenvalue weighted by Crippen LogP contribution is -2.12. The normalized spacial score (nSPS) is 10.3. The van der Waals surface area contributed by atoms with Crippen molar-refractivity contribution in [1.29, 1.82) is 0 Å². The van der Waals surface area contributed by atoms with Gasteiger partial charge in [0.05, 0.1) is 5.69 Å². The van der Waals surface area contributed by atoms with Gasteiger partial charge in [0.25, 0.3) is 5.91 Å². The van der Waals surface area contributed by atoms with Crippen LogP contribution in [0.1, 0.15) is 16.2 Å². The molecule has 1 N–H and O–H groups in total. The summed E-state index contributed by atoms with van der Waals surface area (Å²) in [7, 11) is 0. The van der Waals surface area contributed by atoms with Crippen LogP contribution in [0.4, 0.5) is 5.69 Å². The first-order valence-electron chi connectivity index (χ1n) is 6.63. The number of aryl methyl sites for hydroxylation is 1. The van der Waals surface area contributed by atoms with Crippen molar-refractivity contribution in [3.8, 4) is 11.5 Å². The molecular weight excluding hydrogens is 264 g/mol. The summed E-state index contributed by atoms with van der Waals surface area (Å²) in [5.41, 5.74) is 2.14. The van der Waals surface area contributed by atoms with Crippen molar-refractivity contribution >= 4 is 11.6 Å². The largest absolute Gasteiger partial charge is 0.431 e. The van der Waals surface area contributed by atoms with Gasteiger partial charge in [-0.1, -0.05) is 36.4 Å². The van der Waals surface area contributed by atoms with Gasteiger partial charge >= 0.3 is 0 Å². The minimum atomic E-state index is -0.298. The lowest BCUT2D eigenvalue weighted by molar-refractivity contribution is 0.0996. The summed E-state index contributed by atoms with van der Waals surface area (Å²) in [5, 5.41) is 2.79. The second kappa shape index (κ2) is 5.63. The molecule has 0 radical (unpaired) electrons. The van der Waals surface area contributed by atoms with Gasteiger partial charge in [0.1, 0.15) is 0 Å². The van der Waals surface area contributed by atoms with Crippen LogP contribution in [0, 0.1) is 6.92 Å². The van der Waals surface area contributed by atoms with Crippen LogP contribution in [-0.4, -0.2) is 10.9 Å². The van der Waals surface area contributed by atoms with Crippen LogP contribution in [0.15, 0.2) is 65.1 Å². The number of carbonyl (C=O) groups is 1. The third-order valence-electron chi connectivity index (χ3n) is 3.06. The Morgan fingerprint density at radius 3 is 2.29 bits per heavy atom. The highest BCUT2D eigenvalue weighted by Gasteiger charge is 2.18. The highest BCUT2D eigenvalue weighted by molar-refractivity contribution is 6.03. The molecule has 1 aromatic heterocycles. The van der Waals surface area contributed by atoms with E-state index in [4.69, 9.17) is 4.42 Å². The number of nitrogens with one attached hydrogen (secondary N) is 1. The predicted octanol–water partition coefficient (Wildman–Crippen LogP) is 3.90. The summed E-state index contributed by atoms with van der Waals surface area (Å²) in [6.07, 6.45) is 0. The molecule has 1 amide bonds. The molecule has 1 heterocycles. The van der Waals surface area contributed by atoms with Crippen LogP contribution < -0.4 is 5.32 Å². The Labute approximate surface area is 122 Å². The van der Waals surface area contributed by atoms with Gasteiger partial charge < -0.3 is 9.73 Å². The molecule has 0 aliphatic heterocycles. The standard InChI is InChI=1S/C17H14N2O2/c1-12-15(16(20)19-14-10-6-3-7-11-14)21-17(18-12)13-8-4-2-5-9-13/h2-11H,1H3,(H,19,20). The molecule has 2 aromatic carbocycles. The third-order valence-corrected chi connectivity index (χ3v) is 3.06. The van der Waals surface area contributed by atoms with Crippen LogP contribution in [0.2, 0.25) is 0 Å². The first kappa shape index (κ1) is 13.1. The molecule has 0 saturated carbocycles. The van der Waals surface area contributed by atoms with Gasteiger partial charge in [-0.05, 0) is 31.2 Å². The van der Waals surface area contributed by atoms with Gasteiger partial charge in [0, 0.05) is 11.3 Å². The zero-order valence-corrected chi connectivity index (χ0v) is 11.5. The molecule has 0 bridgehead atoms. The van der Waals surface area contributed by atoms with Crippen LogP contribution >= 0.6 is 0 Å². The maximum atomic E-state index is 12.2. The molecule has 0 spiro atoms. The molecule has 4 nitrogen and oxygen atoms in total. The maximum Gasteiger partial charge on any atom is 0.293 e. The minimum absolute atomic E-state index is 0.234. The van der Waals surface area contributed by atoms with Crippen LogP contribution in [0.5, 0.6) is 0 Å². The molecule has 0 unspecified atom stereocenters. The van der Waals surface area contributed by atoms with Gasteiger partial charge in [-0.25, -0.2) is 4.98 Å². The zero-order valence-electron chi connectivity index (χ0n) is 11.5. The van der Waals surface area contributed by atoms with E-state index >= 15 is 0 Å². The van der Waals surface area contributed by atoms with E-state index in [0.717, 1.165) is 11.3 Å². The first-order valence-corrected chi connectivity index (χ1v) is 6.63. The van der Waals surface area contributed by atoms with Crippen molar-refractivity contribution in [2.75, 3.05) is 5.32 Å². The van der Waals surface area contributed by atoms with Gasteiger partial charge in [0.15, 0.2) is 0 Å². The molecule has 0 aliphatic rings. The molecule has 21 heavy (non-hydrogen) atoms. The molecular formula is C17H14N2O2.